The Bertz CT molecular complexity index is 912. The van der Waals surface area contributed by atoms with Crippen LogP contribution in [-0.2, 0) is 14.3 Å². The first kappa shape index (κ1) is 26.3. The summed E-state index contributed by atoms with van der Waals surface area (Å²) in [5, 5.41) is 1.79. The van der Waals surface area contributed by atoms with Gasteiger partial charge >= 0.3 is 6.18 Å². The molecule has 9 nitrogen and oxygen atoms in total. The Morgan fingerprint density at radius 2 is 1.76 bits per heavy atom. The van der Waals surface area contributed by atoms with E-state index in [1.54, 1.807) is 12.1 Å². The minimum atomic E-state index is -4.55. The third kappa shape index (κ3) is 7.02. The number of amides is 3. The van der Waals surface area contributed by atoms with Gasteiger partial charge in [-0.05, 0) is 42.5 Å². The molecule has 0 aromatic heterocycles. The number of nitrogens with one attached hydrogen (secondary N) is 1. The average Bonchev–Trinajstić information content (AvgIpc) is 3.03. The van der Waals surface area contributed by atoms with Gasteiger partial charge in [-0.1, -0.05) is 0 Å². The van der Waals surface area contributed by atoms with E-state index in [0.717, 1.165) is 4.90 Å². The lowest BCUT2D eigenvalue weighted by atomic mass is 10.1. The first-order chi connectivity index (χ1) is 15.5. The maximum absolute atomic E-state index is 12.6. The number of imide groups is 1. The fourth-order valence-electron chi connectivity index (χ4n) is 2.76. The lowest BCUT2D eigenvalue weighted by molar-refractivity contribution is -0.185. The molecule has 1 N–H and O–H groups in total. The average molecular weight is 492 g/mol. The zero-order valence-corrected chi connectivity index (χ0v) is 19.1. The van der Waals surface area contributed by atoms with Crippen LogP contribution >= 0.6 is 11.8 Å². The van der Waals surface area contributed by atoms with E-state index < -0.39 is 35.9 Å². The Kier molecular flexibility index (Phi) is 8.99. The number of carbonyl (C=O) groups is 3. The van der Waals surface area contributed by atoms with Crippen LogP contribution in [0.15, 0.2) is 17.0 Å². The molecular weight excluding hydrogens is 469 g/mol. The summed E-state index contributed by atoms with van der Waals surface area (Å²) < 4.78 is 56.7. The highest BCUT2D eigenvalue weighted by Gasteiger charge is 2.35. The molecule has 1 atom stereocenters. The van der Waals surface area contributed by atoms with Crippen LogP contribution in [0.3, 0.4) is 0 Å². The summed E-state index contributed by atoms with van der Waals surface area (Å²) in [7, 11) is 4.34. The Morgan fingerprint density at radius 1 is 1.15 bits per heavy atom. The molecule has 0 aliphatic carbocycles. The SMILES string of the molecule is COc1cc(/C=C2\SC(=O)N(CCNC(=O)C(C)OCC(F)(F)F)C2=O)cc(OC)c1OC. The van der Waals surface area contributed by atoms with Crippen LogP contribution in [0.4, 0.5) is 18.0 Å². The van der Waals surface area contributed by atoms with E-state index in [-0.39, 0.29) is 18.0 Å². The number of hydrogen-bond acceptors (Lipinski definition) is 8. The van der Waals surface area contributed by atoms with Gasteiger partial charge in [-0.25, -0.2) is 0 Å². The third-order valence-electron chi connectivity index (χ3n) is 4.36. The number of hydrogen-bond donors (Lipinski definition) is 1. The molecule has 1 unspecified atom stereocenters. The summed E-state index contributed by atoms with van der Waals surface area (Å²) in [6, 6.07) is 3.22. The summed E-state index contributed by atoms with van der Waals surface area (Å²) in [5.74, 6) is -0.262. The maximum Gasteiger partial charge on any atom is 0.411 e. The Balaban J connectivity index is 2.02. The van der Waals surface area contributed by atoms with Gasteiger partial charge in [0.2, 0.25) is 11.7 Å². The van der Waals surface area contributed by atoms with Crippen molar-refractivity contribution in [2.45, 2.75) is 19.2 Å². The maximum atomic E-state index is 12.6. The number of alkyl halides is 3. The predicted molar refractivity (Wildman–Crippen MR) is 113 cm³/mol. The number of benzene rings is 1. The number of halogens is 3. The number of ether oxygens (including phenoxy) is 4. The van der Waals surface area contributed by atoms with Gasteiger partial charge < -0.3 is 24.3 Å². The minimum Gasteiger partial charge on any atom is -0.493 e. The van der Waals surface area contributed by atoms with Crippen LogP contribution in [0.25, 0.3) is 6.08 Å². The first-order valence-electron chi connectivity index (χ1n) is 9.52. The van der Waals surface area contributed by atoms with Crippen molar-refractivity contribution in [3.05, 3.63) is 22.6 Å². The quantitative estimate of drug-likeness (QED) is 0.498. The van der Waals surface area contributed by atoms with E-state index in [0.29, 0.717) is 34.6 Å². The highest BCUT2D eigenvalue weighted by molar-refractivity contribution is 8.18. The van der Waals surface area contributed by atoms with Crippen LogP contribution in [0.2, 0.25) is 0 Å². The van der Waals surface area contributed by atoms with Gasteiger partial charge in [0, 0.05) is 13.1 Å². The Hall–Kier alpha value is -2.93. The molecule has 3 amide bonds. The lowest BCUT2D eigenvalue weighted by Crippen LogP contribution is -2.41. The molecular formula is C20H23F3N2O7S. The molecule has 182 valence electrons. The summed E-state index contributed by atoms with van der Waals surface area (Å²) in [4.78, 5) is 37.8. The third-order valence-corrected chi connectivity index (χ3v) is 5.27. The van der Waals surface area contributed by atoms with Crippen LogP contribution in [-0.4, -0.2) is 75.3 Å². The zero-order chi connectivity index (χ0) is 24.8. The molecule has 33 heavy (non-hydrogen) atoms. The summed E-state index contributed by atoms with van der Waals surface area (Å²) in [6.07, 6.45) is -4.41. The molecule has 2 rings (SSSR count). The van der Waals surface area contributed by atoms with Crippen molar-refractivity contribution >= 4 is 34.9 Å². The van der Waals surface area contributed by atoms with Crippen molar-refractivity contribution in [2.75, 3.05) is 41.0 Å². The smallest absolute Gasteiger partial charge is 0.411 e. The van der Waals surface area contributed by atoms with Crippen LogP contribution < -0.4 is 19.5 Å². The number of nitrogens with zero attached hydrogens (tertiary/aromatic N) is 1. The molecule has 1 aromatic rings. The van der Waals surface area contributed by atoms with Gasteiger partial charge in [-0.15, -0.1) is 0 Å². The van der Waals surface area contributed by atoms with Crippen molar-refractivity contribution in [3.63, 3.8) is 0 Å². The molecule has 0 bridgehead atoms. The number of thioether (sulfide) groups is 1. The molecule has 0 spiro atoms. The van der Waals surface area contributed by atoms with E-state index in [1.807, 2.05) is 0 Å². The zero-order valence-electron chi connectivity index (χ0n) is 18.3. The van der Waals surface area contributed by atoms with Gasteiger partial charge in [0.1, 0.15) is 12.7 Å². The standard InChI is InChI=1S/C20H23F3N2O7S/c1-11(32-10-20(21,22)23)17(26)24-5-6-25-18(27)15(33-19(25)28)9-12-7-13(29-2)16(31-4)14(8-12)30-3/h7-9,11H,5-6,10H2,1-4H3,(H,24,26)/b15-9-. The van der Waals surface area contributed by atoms with Gasteiger partial charge in [0.05, 0.1) is 26.2 Å². The minimum absolute atomic E-state index is 0.141. The molecule has 1 aliphatic heterocycles. The topological polar surface area (TPSA) is 103 Å². The largest absolute Gasteiger partial charge is 0.493 e. The van der Waals surface area contributed by atoms with Gasteiger partial charge in [0.15, 0.2) is 11.5 Å². The summed E-state index contributed by atoms with van der Waals surface area (Å²) in [6.45, 7) is -0.694. The second kappa shape index (κ2) is 11.3. The highest BCUT2D eigenvalue weighted by Crippen LogP contribution is 2.40. The lowest BCUT2D eigenvalue weighted by Gasteiger charge is -2.16. The van der Waals surface area contributed by atoms with E-state index in [1.165, 1.54) is 34.3 Å². The van der Waals surface area contributed by atoms with E-state index in [9.17, 15) is 27.6 Å². The Labute approximate surface area is 192 Å². The van der Waals surface area contributed by atoms with Gasteiger partial charge in [0.25, 0.3) is 11.1 Å². The van der Waals surface area contributed by atoms with Crippen molar-refractivity contribution < 1.29 is 46.5 Å². The van der Waals surface area contributed by atoms with E-state index >= 15 is 0 Å². The predicted octanol–water partition coefficient (Wildman–Crippen LogP) is 2.83. The van der Waals surface area contributed by atoms with Crippen molar-refractivity contribution in [1.29, 1.82) is 0 Å². The highest BCUT2D eigenvalue weighted by atomic mass is 32.2. The molecule has 13 heteroatoms. The van der Waals surface area contributed by atoms with Gasteiger partial charge in [-0.3, -0.25) is 19.3 Å². The monoisotopic (exact) mass is 492 g/mol. The number of methoxy groups -OCH3 is 3. The molecule has 0 radical (unpaired) electrons. The second-order valence-corrected chi connectivity index (χ2v) is 7.64. The number of rotatable bonds is 10. The fourth-order valence-corrected chi connectivity index (χ4v) is 3.62. The Morgan fingerprint density at radius 3 is 2.27 bits per heavy atom. The summed E-state index contributed by atoms with van der Waals surface area (Å²) in [5.41, 5.74) is 0.527. The van der Waals surface area contributed by atoms with Crippen molar-refractivity contribution in [1.82, 2.24) is 10.2 Å². The fraction of sp³-hybridized carbons (Fsp3) is 0.450. The molecule has 0 saturated carbocycles. The van der Waals surface area contributed by atoms with E-state index in [4.69, 9.17) is 14.2 Å². The molecule has 1 fully saturated rings. The molecule has 1 heterocycles. The summed E-state index contributed by atoms with van der Waals surface area (Å²) >= 11 is 0.713. The molecule has 1 aliphatic rings. The molecule has 1 saturated heterocycles. The van der Waals surface area contributed by atoms with Crippen LogP contribution in [0.5, 0.6) is 17.2 Å². The number of carbonyl (C=O) groups excluding carboxylic acids is 3. The second-order valence-electron chi connectivity index (χ2n) is 6.65. The first-order valence-corrected chi connectivity index (χ1v) is 10.3. The molecule has 1 aromatic carbocycles. The van der Waals surface area contributed by atoms with Crippen molar-refractivity contribution in [3.8, 4) is 17.2 Å². The normalized spacial score (nSPS) is 16.2. The van der Waals surface area contributed by atoms with Crippen molar-refractivity contribution in [2.24, 2.45) is 0 Å². The van der Waals surface area contributed by atoms with E-state index in [2.05, 4.69) is 10.1 Å². The van der Waals surface area contributed by atoms with Crippen LogP contribution in [0, 0.1) is 0 Å². The van der Waals surface area contributed by atoms with Gasteiger partial charge in [-0.2, -0.15) is 13.2 Å². The van der Waals surface area contributed by atoms with Crippen LogP contribution in [0.1, 0.15) is 12.5 Å².